The molecule has 5 rings (SSSR count). The molecule has 2 unspecified atom stereocenters. The third-order valence-corrected chi connectivity index (χ3v) is 12.3. The van der Waals surface area contributed by atoms with Crippen LogP contribution in [0.5, 0.6) is 0 Å². The van der Waals surface area contributed by atoms with Gasteiger partial charge in [0.2, 0.25) is 5.76 Å². The molecular formula is C38H41O9PS4. The number of esters is 1. The van der Waals surface area contributed by atoms with Crippen LogP contribution >= 0.6 is 54.9 Å². The number of benzene rings is 4. The van der Waals surface area contributed by atoms with Crippen LogP contribution in [0.15, 0.2) is 128 Å². The van der Waals surface area contributed by atoms with Gasteiger partial charge in [-0.2, -0.15) is 0 Å². The van der Waals surface area contributed by atoms with Crippen molar-refractivity contribution >= 4 is 60.8 Å². The van der Waals surface area contributed by atoms with Crippen LogP contribution in [0.3, 0.4) is 0 Å². The number of thioether (sulfide) groups is 4. The second-order valence-electron chi connectivity index (χ2n) is 11.3. The third-order valence-electron chi connectivity index (χ3n) is 7.88. The molecule has 0 spiro atoms. The van der Waals surface area contributed by atoms with Gasteiger partial charge in [-0.3, -0.25) is 13.6 Å². The number of hydrogen-bond acceptors (Lipinski definition) is 13. The molecule has 4 aromatic rings. The van der Waals surface area contributed by atoms with Gasteiger partial charge in [-0.1, -0.05) is 48.5 Å². The fraction of sp³-hybridized carbons (Fsp3) is 0.289. The van der Waals surface area contributed by atoms with Gasteiger partial charge in [0, 0.05) is 19.6 Å². The summed E-state index contributed by atoms with van der Waals surface area (Å²) in [5.41, 5.74) is 3.13. The van der Waals surface area contributed by atoms with E-state index >= 15 is 0 Å². The van der Waals surface area contributed by atoms with Crippen molar-refractivity contribution in [1.29, 1.82) is 0 Å². The highest BCUT2D eigenvalue weighted by Gasteiger charge is 2.46. The summed E-state index contributed by atoms with van der Waals surface area (Å²) in [6.07, 6.45) is 5.21. The van der Waals surface area contributed by atoms with E-state index in [1.807, 2.05) is 122 Å². The summed E-state index contributed by atoms with van der Waals surface area (Å²) < 4.78 is 50.1. The minimum absolute atomic E-state index is 0.00517. The molecule has 4 aromatic carbocycles. The van der Waals surface area contributed by atoms with Crippen molar-refractivity contribution in [2.24, 2.45) is 0 Å². The first-order chi connectivity index (χ1) is 25.3. The number of aliphatic hydroxyl groups is 1. The number of aliphatic hydroxyl groups excluding tert-OH is 1. The summed E-state index contributed by atoms with van der Waals surface area (Å²) >= 11 is 6.43. The van der Waals surface area contributed by atoms with Crippen molar-refractivity contribution in [3.63, 3.8) is 0 Å². The maximum absolute atomic E-state index is 14.4. The molecule has 0 amide bonds. The molecule has 0 radical (unpaired) electrons. The van der Waals surface area contributed by atoms with E-state index < -0.39 is 32.6 Å². The lowest BCUT2D eigenvalue weighted by atomic mass is 10.1. The first-order valence-electron chi connectivity index (χ1n) is 16.2. The number of ether oxygens (including phenoxy) is 3. The minimum Gasteiger partial charge on any atom is -0.485 e. The Balaban J connectivity index is 1.40. The van der Waals surface area contributed by atoms with Gasteiger partial charge in [-0.05, 0) is 95.8 Å². The summed E-state index contributed by atoms with van der Waals surface area (Å²) in [7, 11) is -4.42. The predicted octanol–water partition coefficient (Wildman–Crippen LogP) is 9.36. The Labute approximate surface area is 322 Å². The van der Waals surface area contributed by atoms with Gasteiger partial charge >= 0.3 is 13.8 Å². The number of hydrogen-bond donors (Lipinski definition) is 1. The molecule has 0 aliphatic carbocycles. The van der Waals surface area contributed by atoms with Crippen molar-refractivity contribution in [2.75, 3.05) is 31.6 Å². The van der Waals surface area contributed by atoms with E-state index in [0.717, 1.165) is 41.8 Å². The van der Waals surface area contributed by atoms with E-state index in [1.54, 1.807) is 47.0 Å². The normalized spacial score (nSPS) is 15.1. The standard InChI is InChI=1S/C38H41O9PS4/c1-49-30-13-5-26(6-14-30)22-42-36-35(46-38(40)37(36)43-23-27-7-15-31(50-2)16-8-27)34(21-39)47-48(41,44-24-28-9-17-32(51-3)18-10-28)45-25-29-11-19-33(52-4)20-12-29/h5-20,34-35,39H,21-25H2,1-4H3. The lowest BCUT2D eigenvalue weighted by Gasteiger charge is -2.27. The van der Waals surface area contributed by atoms with Crippen molar-refractivity contribution in [1.82, 2.24) is 0 Å². The first kappa shape index (κ1) is 40.3. The molecular weight excluding hydrogens is 760 g/mol. The number of carbonyl (C=O) groups is 1. The molecule has 9 nitrogen and oxygen atoms in total. The summed E-state index contributed by atoms with van der Waals surface area (Å²) in [5, 5.41) is 10.6. The smallest absolute Gasteiger partial charge is 0.475 e. The summed E-state index contributed by atoms with van der Waals surface area (Å²) in [6.45, 7) is -0.795. The number of carbonyl (C=O) groups excluding carboxylic acids is 1. The highest BCUT2D eigenvalue weighted by molar-refractivity contribution is 7.99. The number of phosphoric acid groups is 1. The van der Waals surface area contributed by atoms with Gasteiger partial charge in [0.1, 0.15) is 19.3 Å². The monoisotopic (exact) mass is 800 g/mol. The average Bonchev–Trinajstić information content (AvgIpc) is 3.51. The van der Waals surface area contributed by atoms with Crippen LogP contribution in [0.1, 0.15) is 22.3 Å². The molecule has 2 atom stereocenters. The Bertz CT molecular complexity index is 1760. The molecule has 1 heterocycles. The van der Waals surface area contributed by atoms with E-state index in [4.69, 9.17) is 27.8 Å². The average molecular weight is 801 g/mol. The van der Waals surface area contributed by atoms with Gasteiger partial charge in [-0.25, -0.2) is 9.36 Å². The lowest BCUT2D eigenvalue weighted by molar-refractivity contribution is -0.148. The van der Waals surface area contributed by atoms with Crippen LogP contribution in [0.4, 0.5) is 0 Å². The number of cyclic esters (lactones) is 1. The van der Waals surface area contributed by atoms with E-state index in [-0.39, 0.29) is 37.9 Å². The SMILES string of the molecule is CSc1ccc(COC2=C(OCc3ccc(SC)cc3)C(C(CO)OP(=O)(OCc3ccc(SC)cc3)OCc3ccc(SC)cc3)OC2=O)cc1. The molecule has 0 bridgehead atoms. The van der Waals surface area contributed by atoms with Gasteiger partial charge in [0.15, 0.2) is 11.9 Å². The summed E-state index contributed by atoms with van der Waals surface area (Å²) in [6, 6.07) is 30.7. The summed E-state index contributed by atoms with van der Waals surface area (Å²) in [5.74, 6) is -0.966. The Morgan fingerprint density at radius 2 is 0.981 bits per heavy atom. The number of rotatable bonds is 20. The van der Waals surface area contributed by atoms with Crippen LogP contribution in [0.25, 0.3) is 0 Å². The lowest BCUT2D eigenvalue weighted by Crippen LogP contribution is -2.35. The zero-order valence-corrected chi connectivity index (χ0v) is 33.4. The molecule has 14 heteroatoms. The van der Waals surface area contributed by atoms with Crippen molar-refractivity contribution in [2.45, 2.75) is 58.2 Å². The molecule has 1 N–H and O–H groups in total. The Kier molecular flexibility index (Phi) is 15.5. The molecule has 0 saturated heterocycles. The molecule has 276 valence electrons. The van der Waals surface area contributed by atoms with E-state index in [9.17, 15) is 14.5 Å². The largest absolute Gasteiger partial charge is 0.485 e. The van der Waals surface area contributed by atoms with E-state index in [2.05, 4.69) is 0 Å². The molecule has 0 aromatic heterocycles. The second-order valence-corrected chi connectivity index (χ2v) is 16.4. The zero-order chi connectivity index (χ0) is 36.9. The number of phosphoric ester groups is 1. The molecule has 52 heavy (non-hydrogen) atoms. The summed E-state index contributed by atoms with van der Waals surface area (Å²) in [4.78, 5) is 17.7. The predicted molar refractivity (Wildman–Crippen MR) is 209 cm³/mol. The topological polar surface area (TPSA) is 110 Å². The van der Waals surface area contributed by atoms with Crippen molar-refractivity contribution in [3.8, 4) is 0 Å². The molecule has 0 saturated carbocycles. The maximum Gasteiger partial charge on any atom is 0.475 e. The third kappa shape index (κ3) is 11.3. The van der Waals surface area contributed by atoms with Crippen LogP contribution < -0.4 is 0 Å². The Hall–Kier alpha value is -2.84. The first-order valence-corrected chi connectivity index (χ1v) is 22.5. The fourth-order valence-electron chi connectivity index (χ4n) is 4.93. The van der Waals surface area contributed by atoms with Crippen LogP contribution in [0.2, 0.25) is 0 Å². The van der Waals surface area contributed by atoms with E-state index in [0.29, 0.717) is 0 Å². The van der Waals surface area contributed by atoms with Crippen LogP contribution in [-0.4, -0.2) is 54.9 Å². The second kappa shape index (κ2) is 20.0. The Morgan fingerprint density at radius 1 is 0.615 bits per heavy atom. The van der Waals surface area contributed by atoms with E-state index in [1.165, 1.54) is 0 Å². The zero-order valence-electron chi connectivity index (χ0n) is 29.2. The minimum atomic E-state index is -4.42. The van der Waals surface area contributed by atoms with Gasteiger partial charge in [0.05, 0.1) is 19.8 Å². The molecule has 1 aliphatic heterocycles. The van der Waals surface area contributed by atoms with Gasteiger partial charge in [0.25, 0.3) is 0 Å². The van der Waals surface area contributed by atoms with Crippen molar-refractivity contribution < 1.29 is 42.2 Å². The molecule has 1 aliphatic rings. The molecule has 0 fully saturated rings. The highest BCUT2D eigenvalue weighted by atomic mass is 32.2. The van der Waals surface area contributed by atoms with Gasteiger partial charge < -0.3 is 19.3 Å². The van der Waals surface area contributed by atoms with Crippen LogP contribution in [-0.2, 0) is 63.6 Å². The van der Waals surface area contributed by atoms with Crippen molar-refractivity contribution in [3.05, 3.63) is 131 Å². The highest BCUT2D eigenvalue weighted by Crippen LogP contribution is 2.53. The van der Waals surface area contributed by atoms with Crippen LogP contribution in [0, 0.1) is 0 Å². The van der Waals surface area contributed by atoms with Gasteiger partial charge in [-0.15, -0.1) is 47.0 Å². The Morgan fingerprint density at radius 3 is 1.35 bits per heavy atom. The quantitative estimate of drug-likeness (QED) is 0.0522. The fourth-order valence-corrected chi connectivity index (χ4v) is 7.89. The maximum atomic E-state index is 14.4.